The number of Topliss-reactive ketones (excluding diaryl/α,β-unsaturated/α-hetero) is 1. The first-order valence-corrected chi connectivity index (χ1v) is 8.78. The van der Waals surface area contributed by atoms with Gasteiger partial charge in [-0.25, -0.2) is 9.97 Å². The lowest BCUT2D eigenvalue weighted by atomic mass is 9.95. The molecule has 0 saturated carbocycles. The van der Waals surface area contributed by atoms with Crippen molar-refractivity contribution in [1.82, 2.24) is 9.97 Å². The number of benzene rings is 2. The predicted molar refractivity (Wildman–Crippen MR) is 104 cm³/mol. The quantitative estimate of drug-likeness (QED) is 0.433. The van der Waals surface area contributed by atoms with Crippen molar-refractivity contribution in [3.8, 4) is 0 Å². The van der Waals surface area contributed by atoms with Gasteiger partial charge in [0.15, 0.2) is 0 Å². The van der Waals surface area contributed by atoms with Crippen LogP contribution in [-0.4, -0.2) is 26.8 Å². The molecule has 1 atom stereocenters. The Kier molecular flexibility index (Phi) is 4.45. The number of carbonyl (C=O) groups is 2. The van der Waals surface area contributed by atoms with Crippen molar-refractivity contribution in [2.24, 2.45) is 0 Å². The number of hydrogen-bond acceptors (Lipinski definition) is 5. The number of aromatic nitrogens is 2. The van der Waals surface area contributed by atoms with Crippen LogP contribution in [0.4, 0.5) is 5.95 Å². The summed E-state index contributed by atoms with van der Waals surface area (Å²) >= 11 is 0. The molecule has 1 amide bonds. The molecule has 1 aliphatic rings. The van der Waals surface area contributed by atoms with Crippen molar-refractivity contribution >= 4 is 23.4 Å². The molecule has 1 saturated heterocycles. The third kappa shape index (κ3) is 2.95. The second-order valence-electron chi connectivity index (χ2n) is 6.49. The van der Waals surface area contributed by atoms with Gasteiger partial charge in [0, 0.05) is 18.0 Å². The maximum atomic E-state index is 12.9. The van der Waals surface area contributed by atoms with Crippen LogP contribution in [0.25, 0.3) is 5.76 Å². The molecule has 1 N–H and O–H groups in total. The van der Waals surface area contributed by atoms with E-state index >= 15 is 0 Å². The molecule has 0 unspecified atom stereocenters. The topological polar surface area (TPSA) is 83.4 Å². The van der Waals surface area contributed by atoms with Gasteiger partial charge in [0.2, 0.25) is 5.95 Å². The fraction of sp³-hybridized carbons (Fsp3) is 0.0909. The summed E-state index contributed by atoms with van der Waals surface area (Å²) in [5.74, 6) is -1.64. The van der Waals surface area contributed by atoms with Gasteiger partial charge >= 0.3 is 5.91 Å². The van der Waals surface area contributed by atoms with Gasteiger partial charge in [-0.2, -0.15) is 0 Å². The van der Waals surface area contributed by atoms with Gasteiger partial charge in [-0.1, -0.05) is 60.2 Å². The number of aliphatic hydroxyl groups excluding tert-OH is 1. The van der Waals surface area contributed by atoms with Crippen molar-refractivity contribution in [3.05, 3.63) is 95.3 Å². The summed E-state index contributed by atoms with van der Waals surface area (Å²) in [5.41, 5.74) is 2.22. The fourth-order valence-electron chi connectivity index (χ4n) is 3.27. The minimum Gasteiger partial charge on any atom is -0.507 e. The average Bonchev–Trinajstić information content (AvgIpc) is 3.00. The smallest absolute Gasteiger partial charge is 0.302 e. The van der Waals surface area contributed by atoms with Crippen molar-refractivity contribution < 1.29 is 14.7 Å². The number of anilines is 1. The summed E-state index contributed by atoms with van der Waals surface area (Å²) in [6.07, 6.45) is 3.01. The molecule has 2 aromatic carbocycles. The second-order valence-corrected chi connectivity index (χ2v) is 6.49. The van der Waals surface area contributed by atoms with Crippen LogP contribution in [-0.2, 0) is 9.59 Å². The number of ketones is 1. The molecule has 3 aromatic rings. The summed E-state index contributed by atoms with van der Waals surface area (Å²) < 4.78 is 0. The molecular weight excluding hydrogens is 354 g/mol. The lowest BCUT2D eigenvalue weighted by molar-refractivity contribution is -0.132. The molecular formula is C22H17N3O3. The number of hydrogen-bond donors (Lipinski definition) is 1. The highest BCUT2D eigenvalue weighted by atomic mass is 16.3. The maximum absolute atomic E-state index is 12.9. The molecule has 0 aliphatic carbocycles. The van der Waals surface area contributed by atoms with E-state index in [1.54, 1.807) is 30.3 Å². The molecule has 0 radical (unpaired) electrons. The Morgan fingerprint density at radius 3 is 2.21 bits per heavy atom. The highest BCUT2D eigenvalue weighted by Gasteiger charge is 2.48. The lowest BCUT2D eigenvalue weighted by Crippen LogP contribution is -2.31. The minimum atomic E-state index is -0.816. The normalized spacial score (nSPS) is 18.5. The van der Waals surface area contributed by atoms with Crippen LogP contribution in [0.3, 0.4) is 0 Å². The van der Waals surface area contributed by atoms with Crippen LogP contribution < -0.4 is 4.90 Å². The zero-order valence-corrected chi connectivity index (χ0v) is 15.1. The van der Waals surface area contributed by atoms with E-state index in [2.05, 4.69) is 9.97 Å². The van der Waals surface area contributed by atoms with E-state index in [1.165, 1.54) is 17.3 Å². The van der Waals surface area contributed by atoms with Crippen LogP contribution in [0, 0.1) is 6.92 Å². The minimum absolute atomic E-state index is 0.0208. The number of amides is 1. The van der Waals surface area contributed by atoms with E-state index in [0.717, 1.165) is 5.56 Å². The zero-order chi connectivity index (χ0) is 19.7. The van der Waals surface area contributed by atoms with Crippen LogP contribution in [0.2, 0.25) is 0 Å². The molecule has 0 spiro atoms. The predicted octanol–water partition coefficient (Wildman–Crippen LogP) is 3.41. The van der Waals surface area contributed by atoms with E-state index in [9.17, 15) is 14.7 Å². The fourth-order valence-corrected chi connectivity index (χ4v) is 3.27. The first-order valence-electron chi connectivity index (χ1n) is 8.78. The Morgan fingerprint density at radius 2 is 1.57 bits per heavy atom. The highest BCUT2D eigenvalue weighted by molar-refractivity contribution is 6.51. The molecule has 28 heavy (non-hydrogen) atoms. The molecule has 138 valence electrons. The monoisotopic (exact) mass is 371 g/mol. The number of aryl methyl sites for hydroxylation is 1. The summed E-state index contributed by atoms with van der Waals surface area (Å²) in [5, 5.41) is 10.9. The average molecular weight is 371 g/mol. The van der Waals surface area contributed by atoms with Crippen LogP contribution in [0.1, 0.15) is 22.7 Å². The number of carbonyl (C=O) groups excluding carboxylic acids is 2. The summed E-state index contributed by atoms with van der Waals surface area (Å²) in [6, 6.07) is 17.0. The van der Waals surface area contributed by atoms with Crippen molar-refractivity contribution in [2.75, 3.05) is 4.90 Å². The Bertz CT molecular complexity index is 1060. The zero-order valence-electron chi connectivity index (χ0n) is 15.1. The molecule has 0 bridgehead atoms. The summed E-state index contributed by atoms with van der Waals surface area (Å²) in [4.78, 5) is 35.3. The van der Waals surface area contributed by atoms with Crippen LogP contribution >= 0.6 is 0 Å². The number of aliphatic hydroxyl groups is 1. The number of nitrogens with zero attached hydrogens (tertiary/aromatic N) is 3. The SMILES string of the molecule is Cc1ccc([C@@H]2/C(=C(\O)c3ccccc3)C(=O)C(=O)N2c2ncccn2)cc1. The summed E-state index contributed by atoms with van der Waals surface area (Å²) in [6.45, 7) is 1.95. The molecule has 6 heteroatoms. The molecule has 6 nitrogen and oxygen atoms in total. The van der Waals surface area contributed by atoms with Crippen molar-refractivity contribution in [2.45, 2.75) is 13.0 Å². The van der Waals surface area contributed by atoms with Gasteiger partial charge in [-0.3, -0.25) is 14.5 Å². The third-order valence-corrected chi connectivity index (χ3v) is 4.65. The van der Waals surface area contributed by atoms with Gasteiger partial charge in [0.25, 0.3) is 5.78 Å². The van der Waals surface area contributed by atoms with Crippen molar-refractivity contribution in [3.63, 3.8) is 0 Å². The second kappa shape index (κ2) is 7.08. The molecule has 1 fully saturated rings. The van der Waals surface area contributed by atoms with Gasteiger partial charge in [0.05, 0.1) is 11.6 Å². The van der Waals surface area contributed by atoms with Crippen LogP contribution in [0.5, 0.6) is 0 Å². The van der Waals surface area contributed by atoms with E-state index in [1.807, 2.05) is 37.3 Å². The summed E-state index contributed by atoms with van der Waals surface area (Å²) in [7, 11) is 0. The Labute approximate surface area is 161 Å². The van der Waals surface area contributed by atoms with Crippen LogP contribution in [0.15, 0.2) is 78.6 Å². The van der Waals surface area contributed by atoms with E-state index in [0.29, 0.717) is 11.1 Å². The molecule has 4 rings (SSSR count). The van der Waals surface area contributed by atoms with E-state index in [-0.39, 0.29) is 17.3 Å². The third-order valence-electron chi connectivity index (χ3n) is 4.65. The van der Waals surface area contributed by atoms with Gasteiger partial charge in [-0.15, -0.1) is 0 Å². The van der Waals surface area contributed by atoms with Gasteiger partial charge in [-0.05, 0) is 18.6 Å². The Balaban J connectivity index is 1.95. The standard InChI is InChI=1S/C22H17N3O3/c1-14-8-10-15(11-9-14)18-17(19(26)16-6-3-2-4-7-16)20(27)21(28)25(18)22-23-12-5-13-24-22/h2-13,18,26H,1H3/b19-17+/t18-/m1/s1. The Hall–Kier alpha value is -3.80. The molecule has 2 heterocycles. The van der Waals surface area contributed by atoms with E-state index in [4.69, 9.17) is 0 Å². The van der Waals surface area contributed by atoms with Crippen molar-refractivity contribution in [1.29, 1.82) is 0 Å². The first-order chi connectivity index (χ1) is 13.6. The van der Waals surface area contributed by atoms with Gasteiger partial charge < -0.3 is 5.11 Å². The van der Waals surface area contributed by atoms with Gasteiger partial charge in [0.1, 0.15) is 5.76 Å². The first kappa shape index (κ1) is 17.6. The largest absolute Gasteiger partial charge is 0.507 e. The molecule has 1 aromatic heterocycles. The number of rotatable bonds is 3. The highest BCUT2D eigenvalue weighted by Crippen LogP contribution is 2.40. The van der Waals surface area contributed by atoms with E-state index < -0.39 is 17.7 Å². The maximum Gasteiger partial charge on any atom is 0.302 e. The lowest BCUT2D eigenvalue weighted by Gasteiger charge is -2.23. The Morgan fingerprint density at radius 1 is 0.929 bits per heavy atom. The molecule has 1 aliphatic heterocycles.